The van der Waals surface area contributed by atoms with Crippen LogP contribution in [-0.2, 0) is 10.3 Å². The SMILES string of the molecule is CC(O)(c1ccc2ncccc2c1)C1CCOC1. The second kappa shape index (κ2) is 4.34. The van der Waals surface area contributed by atoms with Crippen LogP contribution >= 0.6 is 0 Å². The Morgan fingerprint density at radius 3 is 3.06 bits per heavy atom. The zero-order valence-corrected chi connectivity index (χ0v) is 10.5. The fraction of sp³-hybridized carbons (Fsp3) is 0.400. The van der Waals surface area contributed by atoms with Crippen molar-refractivity contribution in [2.45, 2.75) is 18.9 Å². The third-order valence-electron chi connectivity index (χ3n) is 3.91. The summed E-state index contributed by atoms with van der Waals surface area (Å²) in [6, 6.07) is 9.90. The average molecular weight is 243 g/mol. The summed E-state index contributed by atoms with van der Waals surface area (Å²) in [5.74, 6) is 0.173. The molecule has 2 atom stereocenters. The quantitative estimate of drug-likeness (QED) is 0.881. The van der Waals surface area contributed by atoms with Gasteiger partial charge in [-0.15, -0.1) is 0 Å². The second-order valence-electron chi connectivity index (χ2n) is 5.12. The maximum atomic E-state index is 10.7. The first-order chi connectivity index (χ1) is 8.68. The number of aromatic nitrogens is 1. The lowest BCUT2D eigenvalue weighted by atomic mass is 9.82. The fourth-order valence-corrected chi connectivity index (χ4v) is 2.60. The van der Waals surface area contributed by atoms with E-state index in [0.29, 0.717) is 6.61 Å². The molecule has 0 bridgehead atoms. The maximum Gasteiger partial charge on any atom is 0.0919 e. The van der Waals surface area contributed by atoms with Crippen molar-refractivity contribution >= 4 is 10.9 Å². The van der Waals surface area contributed by atoms with Crippen LogP contribution in [0.15, 0.2) is 36.5 Å². The molecule has 2 aromatic rings. The molecule has 18 heavy (non-hydrogen) atoms. The molecular weight excluding hydrogens is 226 g/mol. The van der Waals surface area contributed by atoms with E-state index in [1.807, 2.05) is 37.3 Å². The third-order valence-corrected chi connectivity index (χ3v) is 3.91. The molecule has 1 aliphatic heterocycles. The van der Waals surface area contributed by atoms with E-state index in [2.05, 4.69) is 4.98 Å². The molecule has 1 saturated heterocycles. The second-order valence-corrected chi connectivity index (χ2v) is 5.12. The van der Waals surface area contributed by atoms with Gasteiger partial charge >= 0.3 is 0 Å². The van der Waals surface area contributed by atoms with E-state index in [9.17, 15) is 5.11 Å². The van der Waals surface area contributed by atoms with Crippen molar-refractivity contribution in [2.24, 2.45) is 5.92 Å². The van der Waals surface area contributed by atoms with Gasteiger partial charge in [0.1, 0.15) is 0 Å². The molecule has 0 saturated carbocycles. The molecule has 0 aliphatic carbocycles. The minimum atomic E-state index is -0.833. The summed E-state index contributed by atoms with van der Waals surface area (Å²) >= 11 is 0. The molecule has 94 valence electrons. The van der Waals surface area contributed by atoms with Gasteiger partial charge in [0, 0.05) is 24.1 Å². The topological polar surface area (TPSA) is 42.4 Å². The van der Waals surface area contributed by atoms with Gasteiger partial charge in [0.25, 0.3) is 0 Å². The van der Waals surface area contributed by atoms with Crippen LogP contribution < -0.4 is 0 Å². The zero-order chi connectivity index (χ0) is 12.6. The van der Waals surface area contributed by atoms with Gasteiger partial charge in [0.05, 0.1) is 17.7 Å². The number of hydrogen-bond acceptors (Lipinski definition) is 3. The Kier molecular flexibility index (Phi) is 2.80. The van der Waals surface area contributed by atoms with Crippen molar-refractivity contribution in [3.8, 4) is 0 Å². The summed E-state index contributed by atoms with van der Waals surface area (Å²) in [7, 11) is 0. The number of nitrogens with zero attached hydrogens (tertiary/aromatic N) is 1. The van der Waals surface area contributed by atoms with Crippen LogP contribution in [0.5, 0.6) is 0 Å². The van der Waals surface area contributed by atoms with Crippen LogP contribution in [0.4, 0.5) is 0 Å². The van der Waals surface area contributed by atoms with E-state index in [0.717, 1.165) is 29.5 Å². The van der Waals surface area contributed by atoms with E-state index in [1.165, 1.54) is 0 Å². The van der Waals surface area contributed by atoms with Crippen LogP contribution in [0.2, 0.25) is 0 Å². The summed E-state index contributed by atoms with van der Waals surface area (Å²) in [5, 5.41) is 11.8. The predicted molar refractivity (Wildman–Crippen MR) is 70.2 cm³/mol. The number of pyridine rings is 1. The van der Waals surface area contributed by atoms with Crippen molar-refractivity contribution in [3.05, 3.63) is 42.1 Å². The van der Waals surface area contributed by atoms with Crippen molar-refractivity contribution in [2.75, 3.05) is 13.2 Å². The smallest absolute Gasteiger partial charge is 0.0919 e. The van der Waals surface area contributed by atoms with Crippen molar-refractivity contribution in [3.63, 3.8) is 0 Å². The van der Waals surface area contributed by atoms with Gasteiger partial charge in [-0.05, 0) is 37.1 Å². The molecule has 1 fully saturated rings. The molecular formula is C15H17NO2. The van der Waals surface area contributed by atoms with Crippen molar-refractivity contribution < 1.29 is 9.84 Å². The molecule has 3 heteroatoms. The number of benzene rings is 1. The lowest BCUT2D eigenvalue weighted by molar-refractivity contribution is -0.00960. The summed E-state index contributed by atoms with van der Waals surface area (Å²) in [4.78, 5) is 4.30. The molecule has 1 aliphatic rings. The molecule has 3 rings (SSSR count). The Morgan fingerprint density at radius 2 is 2.28 bits per heavy atom. The Bertz CT molecular complexity index is 559. The van der Waals surface area contributed by atoms with E-state index >= 15 is 0 Å². The van der Waals surface area contributed by atoms with Gasteiger partial charge in [-0.2, -0.15) is 0 Å². The van der Waals surface area contributed by atoms with Crippen molar-refractivity contribution in [1.29, 1.82) is 0 Å². The first-order valence-corrected chi connectivity index (χ1v) is 6.33. The Balaban J connectivity index is 2.02. The molecule has 2 heterocycles. The number of hydrogen-bond donors (Lipinski definition) is 1. The predicted octanol–water partition coefficient (Wildman–Crippen LogP) is 2.48. The summed E-state index contributed by atoms with van der Waals surface area (Å²) in [5.41, 5.74) is 1.07. The van der Waals surface area contributed by atoms with E-state index in [4.69, 9.17) is 4.74 Å². The van der Waals surface area contributed by atoms with Gasteiger partial charge in [-0.3, -0.25) is 4.98 Å². The molecule has 1 aromatic heterocycles. The molecule has 1 N–H and O–H groups in total. The molecule has 0 amide bonds. The monoisotopic (exact) mass is 243 g/mol. The summed E-state index contributed by atoms with van der Waals surface area (Å²) in [6.45, 7) is 3.26. The normalized spacial score (nSPS) is 23.1. The van der Waals surface area contributed by atoms with Gasteiger partial charge in [-0.25, -0.2) is 0 Å². The highest BCUT2D eigenvalue weighted by atomic mass is 16.5. The minimum absolute atomic E-state index is 0.173. The first kappa shape index (κ1) is 11.6. The number of ether oxygens (including phenoxy) is 1. The van der Waals surface area contributed by atoms with Crippen LogP contribution in [0, 0.1) is 5.92 Å². The highest BCUT2D eigenvalue weighted by Gasteiger charge is 2.36. The van der Waals surface area contributed by atoms with E-state index < -0.39 is 5.60 Å². The minimum Gasteiger partial charge on any atom is -0.385 e. The van der Waals surface area contributed by atoms with Crippen LogP contribution in [-0.4, -0.2) is 23.3 Å². The van der Waals surface area contributed by atoms with Gasteiger partial charge in [-0.1, -0.05) is 12.1 Å². The van der Waals surface area contributed by atoms with Gasteiger partial charge in [0.2, 0.25) is 0 Å². The lowest BCUT2D eigenvalue weighted by Crippen LogP contribution is -2.32. The highest BCUT2D eigenvalue weighted by molar-refractivity contribution is 5.79. The largest absolute Gasteiger partial charge is 0.385 e. The van der Waals surface area contributed by atoms with E-state index in [1.54, 1.807) is 6.20 Å². The van der Waals surface area contributed by atoms with Crippen LogP contribution in [0.1, 0.15) is 18.9 Å². The van der Waals surface area contributed by atoms with Crippen LogP contribution in [0.25, 0.3) is 10.9 Å². The maximum absolute atomic E-state index is 10.7. The number of fused-ring (bicyclic) bond motifs is 1. The summed E-state index contributed by atoms with van der Waals surface area (Å²) < 4.78 is 5.38. The molecule has 3 nitrogen and oxygen atoms in total. The molecule has 2 unspecified atom stereocenters. The zero-order valence-electron chi connectivity index (χ0n) is 10.5. The first-order valence-electron chi connectivity index (χ1n) is 6.33. The lowest BCUT2D eigenvalue weighted by Gasteiger charge is -2.29. The molecule has 0 spiro atoms. The fourth-order valence-electron chi connectivity index (χ4n) is 2.60. The van der Waals surface area contributed by atoms with E-state index in [-0.39, 0.29) is 5.92 Å². The Morgan fingerprint density at radius 1 is 1.39 bits per heavy atom. The number of aliphatic hydroxyl groups is 1. The van der Waals surface area contributed by atoms with Crippen molar-refractivity contribution in [1.82, 2.24) is 4.98 Å². The Hall–Kier alpha value is -1.45. The third kappa shape index (κ3) is 1.89. The Labute approximate surface area is 106 Å². The van der Waals surface area contributed by atoms with Gasteiger partial charge < -0.3 is 9.84 Å². The number of rotatable bonds is 2. The molecule has 0 radical (unpaired) electrons. The highest BCUT2D eigenvalue weighted by Crippen LogP contribution is 2.35. The standard InChI is InChI=1S/C15H17NO2/c1-15(17,13-6-8-18-10-13)12-4-5-14-11(9-12)3-2-7-16-14/h2-5,7,9,13,17H,6,8,10H2,1H3. The van der Waals surface area contributed by atoms with Crippen LogP contribution in [0.3, 0.4) is 0 Å². The van der Waals surface area contributed by atoms with Gasteiger partial charge in [0.15, 0.2) is 0 Å². The average Bonchev–Trinajstić information content (AvgIpc) is 2.92. The summed E-state index contributed by atoms with van der Waals surface area (Å²) in [6.07, 6.45) is 2.70. The molecule has 1 aromatic carbocycles.